The Hall–Kier alpha value is -3.29. The van der Waals surface area contributed by atoms with Gasteiger partial charge in [0.15, 0.2) is 6.61 Å². The molecule has 1 saturated heterocycles. The molecule has 0 N–H and O–H groups in total. The number of ether oxygens (including phenoxy) is 1. The number of carbonyl (C=O) groups excluding carboxylic acids is 1. The van der Waals surface area contributed by atoms with Crippen molar-refractivity contribution in [2.75, 3.05) is 19.7 Å². The topological polar surface area (TPSA) is 94.2 Å². The fourth-order valence-electron chi connectivity index (χ4n) is 3.63. The van der Waals surface area contributed by atoms with E-state index in [1.807, 2.05) is 43.9 Å². The van der Waals surface area contributed by atoms with Crippen LogP contribution in [0, 0.1) is 20.8 Å². The molecule has 1 aromatic carbocycles. The lowest BCUT2D eigenvalue weighted by Crippen LogP contribution is -2.40. The summed E-state index contributed by atoms with van der Waals surface area (Å²) in [6.07, 6.45) is 4.85. The van der Waals surface area contributed by atoms with Crippen LogP contribution in [0.15, 0.2) is 35.0 Å². The van der Waals surface area contributed by atoms with Crippen molar-refractivity contribution in [1.29, 1.82) is 0 Å². The molecule has 1 fully saturated rings. The van der Waals surface area contributed by atoms with Gasteiger partial charge in [-0.25, -0.2) is 4.98 Å². The molecule has 4 rings (SSSR count). The Morgan fingerprint density at radius 1 is 1.10 bits per heavy atom. The molecule has 0 unspecified atom stereocenters. The van der Waals surface area contributed by atoms with Crippen molar-refractivity contribution in [1.82, 2.24) is 25.1 Å². The average Bonchev–Trinajstić information content (AvgIpc) is 3.24. The third-order valence-electron chi connectivity index (χ3n) is 5.39. The minimum atomic E-state index is -0.00255. The van der Waals surface area contributed by atoms with Gasteiger partial charge in [-0.3, -0.25) is 9.78 Å². The lowest BCUT2D eigenvalue weighted by molar-refractivity contribution is -0.134. The summed E-state index contributed by atoms with van der Waals surface area (Å²) in [5, 5.41) is 8.30. The number of aryl methyl sites for hydroxylation is 3. The van der Waals surface area contributed by atoms with Gasteiger partial charge < -0.3 is 14.1 Å². The second kappa shape index (κ2) is 8.61. The number of piperidine rings is 1. The fourth-order valence-corrected chi connectivity index (χ4v) is 3.63. The number of nitrogens with zero attached hydrogens (tertiary/aromatic N) is 5. The van der Waals surface area contributed by atoms with Crippen LogP contribution in [0.25, 0.3) is 11.6 Å². The van der Waals surface area contributed by atoms with Crippen LogP contribution in [0.5, 0.6) is 5.75 Å². The first kappa shape index (κ1) is 20.0. The molecule has 8 heteroatoms. The number of para-hydroxylation sites is 1. The molecule has 0 radical (unpaired) electrons. The Balaban J connectivity index is 1.31. The van der Waals surface area contributed by atoms with Crippen molar-refractivity contribution in [2.45, 2.75) is 39.5 Å². The van der Waals surface area contributed by atoms with Gasteiger partial charge >= 0.3 is 0 Å². The van der Waals surface area contributed by atoms with Gasteiger partial charge in [0.1, 0.15) is 11.4 Å². The standard InChI is InChI=1S/C22H25N5O3/c1-14-5-4-6-15(2)20(14)29-13-19(28)27-9-7-17(8-10-27)21-25-26-22(30-21)18-12-23-16(3)11-24-18/h4-6,11-12,17H,7-10,13H2,1-3H3. The van der Waals surface area contributed by atoms with Gasteiger partial charge in [0.05, 0.1) is 11.9 Å². The van der Waals surface area contributed by atoms with Crippen molar-refractivity contribution in [3.63, 3.8) is 0 Å². The van der Waals surface area contributed by atoms with E-state index in [0.717, 1.165) is 35.4 Å². The molecule has 0 saturated carbocycles. The summed E-state index contributed by atoms with van der Waals surface area (Å²) in [6, 6.07) is 5.96. The van der Waals surface area contributed by atoms with E-state index in [2.05, 4.69) is 20.2 Å². The van der Waals surface area contributed by atoms with Crippen molar-refractivity contribution in [3.05, 3.63) is 53.3 Å². The second-order valence-electron chi connectivity index (χ2n) is 7.65. The monoisotopic (exact) mass is 407 g/mol. The summed E-state index contributed by atoms with van der Waals surface area (Å²) < 4.78 is 11.6. The lowest BCUT2D eigenvalue weighted by Gasteiger charge is -2.30. The summed E-state index contributed by atoms with van der Waals surface area (Å²) in [7, 11) is 0. The number of aromatic nitrogens is 4. The zero-order chi connectivity index (χ0) is 21.1. The molecule has 30 heavy (non-hydrogen) atoms. The van der Waals surface area contributed by atoms with E-state index in [4.69, 9.17) is 9.15 Å². The predicted octanol–water partition coefficient (Wildman–Crippen LogP) is 3.24. The van der Waals surface area contributed by atoms with Crippen molar-refractivity contribution < 1.29 is 13.9 Å². The molecular weight excluding hydrogens is 382 g/mol. The van der Waals surface area contributed by atoms with Crippen molar-refractivity contribution in [3.8, 4) is 17.3 Å². The Morgan fingerprint density at radius 2 is 1.83 bits per heavy atom. The van der Waals surface area contributed by atoms with Crippen LogP contribution in [-0.2, 0) is 4.79 Å². The number of carbonyl (C=O) groups is 1. The number of benzene rings is 1. The molecule has 0 aliphatic carbocycles. The maximum atomic E-state index is 12.6. The maximum Gasteiger partial charge on any atom is 0.267 e. The largest absolute Gasteiger partial charge is 0.483 e. The minimum Gasteiger partial charge on any atom is -0.483 e. The van der Waals surface area contributed by atoms with E-state index in [1.165, 1.54) is 0 Å². The van der Waals surface area contributed by atoms with Gasteiger partial charge in [-0.1, -0.05) is 18.2 Å². The molecular formula is C22H25N5O3. The molecule has 2 aromatic heterocycles. The molecule has 3 aromatic rings. The van der Waals surface area contributed by atoms with E-state index < -0.39 is 0 Å². The van der Waals surface area contributed by atoms with Gasteiger partial charge in [0.2, 0.25) is 5.89 Å². The zero-order valence-corrected chi connectivity index (χ0v) is 17.5. The number of hydrogen-bond donors (Lipinski definition) is 0. The van der Waals surface area contributed by atoms with Crippen LogP contribution in [0.4, 0.5) is 0 Å². The van der Waals surface area contributed by atoms with Gasteiger partial charge in [0, 0.05) is 25.2 Å². The van der Waals surface area contributed by atoms with E-state index in [0.29, 0.717) is 30.6 Å². The first-order valence-corrected chi connectivity index (χ1v) is 10.1. The third-order valence-corrected chi connectivity index (χ3v) is 5.39. The Bertz CT molecular complexity index is 1000. The summed E-state index contributed by atoms with van der Waals surface area (Å²) >= 11 is 0. The van der Waals surface area contributed by atoms with E-state index in [1.54, 1.807) is 12.4 Å². The van der Waals surface area contributed by atoms with Crippen LogP contribution in [0.1, 0.15) is 41.5 Å². The molecule has 1 amide bonds. The van der Waals surface area contributed by atoms with Crippen LogP contribution in [0.2, 0.25) is 0 Å². The normalized spacial score (nSPS) is 14.7. The highest BCUT2D eigenvalue weighted by atomic mass is 16.5. The summed E-state index contributed by atoms with van der Waals surface area (Å²) in [5.41, 5.74) is 3.46. The van der Waals surface area contributed by atoms with Crippen molar-refractivity contribution >= 4 is 5.91 Å². The molecule has 3 heterocycles. The molecule has 156 valence electrons. The van der Waals surface area contributed by atoms with Crippen molar-refractivity contribution in [2.24, 2.45) is 0 Å². The van der Waals surface area contributed by atoms with Gasteiger partial charge in [-0.2, -0.15) is 0 Å². The third kappa shape index (κ3) is 4.32. The molecule has 0 spiro atoms. The van der Waals surface area contributed by atoms with Crippen LogP contribution < -0.4 is 4.74 Å². The Morgan fingerprint density at radius 3 is 2.50 bits per heavy atom. The summed E-state index contributed by atoms with van der Waals surface area (Å²) in [4.78, 5) is 22.9. The summed E-state index contributed by atoms with van der Waals surface area (Å²) in [6.45, 7) is 7.17. The minimum absolute atomic E-state index is 0.00255. The first-order chi connectivity index (χ1) is 14.5. The number of rotatable bonds is 5. The highest BCUT2D eigenvalue weighted by Crippen LogP contribution is 2.29. The lowest BCUT2D eigenvalue weighted by atomic mass is 9.97. The molecule has 0 atom stereocenters. The fraction of sp³-hybridized carbons (Fsp3) is 0.409. The molecule has 1 aliphatic heterocycles. The number of likely N-dealkylation sites (tertiary alicyclic amines) is 1. The Kier molecular flexibility index (Phi) is 5.74. The Labute approximate surface area is 175 Å². The van der Waals surface area contributed by atoms with Crippen LogP contribution in [0.3, 0.4) is 0 Å². The second-order valence-corrected chi connectivity index (χ2v) is 7.65. The van der Waals surface area contributed by atoms with Gasteiger partial charge in [-0.05, 0) is 44.7 Å². The van der Waals surface area contributed by atoms with E-state index >= 15 is 0 Å². The average molecular weight is 407 g/mol. The summed E-state index contributed by atoms with van der Waals surface area (Å²) in [5.74, 6) is 1.88. The molecule has 0 bridgehead atoms. The first-order valence-electron chi connectivity index (χ1n) is 10.1. The predicted molar refractivity (Wildman–Crippen MR) is 110 cm³/mol. The van der Waals surface area contributed by atoms with Gasteiger partial charge in [0.25, 0.3) is 11.8 Å². The molecule has 8 nitrogen and oxygen atoms in total. The van der Waals surface area contributed by atoms with Crippen LogP contribution >= 0.6 is 0 Å². The quantitative estimate of drug-likeness (QED) is 0.641. The number of hydrogen-bond acceptors (Lipinski definition) is 7. The highest BCUT2D eigenvalue weighted by molar-refractivity contribution is 5.78. The highest BCUT2D eigenvalue weighted by Gasteiger charge is 2.28. The van der Waals surface area contributed by atoms with E-state index in [-0.39, 0.29) is 18.4 Å². The van der Waals surface area contributed by atoms with Gasteiger partial charge in [-0.15, -0.1) is 10.2 Å². The smallest absolute Gasteiger partial charge is 0.267 e. The zero-order valence-electron chi connectivity index (χ0n) is 17.5. The maximum absolute atomic E-state index is 12.6. The van der Waals surface area contributed by atoms with E-state index in [9.17, 15) is 4.79 Å². The molecule has 1 aliphatic rings. The SMILES string of the molecule is Cc1cnc(-c2nnc(C3CCN(C(=O)COc4c(C)cccc4C)CC3)o2)cn1. The van der Waals surface area contributed by atoms with Crippen LogP contribution in [-0.4, -0.2) is 50.7 Å². The number of amides is 1.